The normalized spacial score (nSPS) is 10.2. The fourth-order valence-corrected chi connectivity index (χ4v) is 18.9. The highest BCUT2D eigenvalue weighted by Gasteiger charge is 2.25. The van der Waals surface area contributed by atoms with Crippen LogP contribution in [0.1, 0.15) is 299 Å². The molecule has 0 N–H and O–H groups in total. The lowest BCUT2D eigenvalue weighted by Gasteiger charge is -2.06. The van der Waals surface area contributed by atoms with Gasteiger partial charge in [-0.2, -0.15) is 0 Å². The maximum absolute atomic E-state index is 2.34. The second kappa shape index (κ2) is 73.7. The maximum atomic E-state index is 2.34. The Bertz CT molecular complexity index is 6620. The zero-order chi connectivity index (χ0) is 110. The quantitative estimate of drug-likeness (QED) is 0.142. The first-order valence-electron chi connectivity index (χ1n) is 57.3. The minimum atomic E-state index is 1.08. The third kappa shape index (κ3) is 33.1. The van der Waals surface area contributed by atoms with Crippen LogP contribution >= 0.6 is 0 Å². The number of rotatable bonds is 0. The summed E-state index contributed by atoms with van der Waals surface area (Å²) >= 11 is 0. The van der Waals surface area contributed by atoms with Crippen molar-refractivity contribution in [1.29, 1.82) is 0 Å². The lowest BCUT2D eigenvalue weighted by atomic mass is 9.98. The van der Waals surface area contributed by atoms with Crippen molar-refractivity contribution >= 4 is 53.9 Å². The van der Waals surface area contributed by atoms with Gasteiger partial charge < -0.3 is 0 Å². The standard InChI is InChI=1S/5C17H12.2C13H10.C6H6.16C2H6/c2*1-3-7-15-12(5-1)9-10-14-11-13-6-2-4-8-16(13)17(14)15;1-3-7-14-12(5-1)9-10-16-15-8-4-2-6-13(15)11-17(14)16;2*1-2-6-13-11-17-15(9-12(13)5-1)10-14-7-3-4-8-16(14)17;2*1-3-7-12-10(5-1)9-11-6-2-4-8-13(11)12;1-2-4-6-5-3-1;16*1-2/h3*1-10H,11H2;2*1-9,11H,10H2;2*1-8H,9H2;1-6H;16*1-2H3. The van der Waals surface area contributed by atoms with Gasteiger partial charge in [-0.05, 0) is 267 Å². The first kappa shape index (κ1) is 127. The van der Waals surface area contributed by atoms with Gasteiger partial charge in [0, 0.05) is 0 Å². The molecule has 0 radical (unpaired) electrons. The van der Waals surface area contributed by atoms with Crippen LogP contribution in [-0.4, -0.2) is 0 Å². The summed E-state index contributed by atoms with van der Waals surface area (Å²) in [5.41, 5.74) is 40.3. The summed E-state index contributed by atoms with van der Waals surface area (Å²) < 4.78 is 0. The van der Waals surface area contributed by atoms with Crippen molar-refractivity contribution in [2.75, 3.05) is 0 Å². The second-order valence-corrected chi connectivity index (χ2v) is 31.5. The summed E-state index contributed by atoms with van der Waals surface area (Å²) in [5, 5.41) is 13.6. The van der Waals surface area contributed by atoms with Gasteiger partial charge in [0.15, 0.2) is 0 Å². The van der Waals surface area contributed by atoms with Gasteiger partial charge in [-0.3, -0.25) is 0 Å². The zero-order valence-electron chi connectivity index (χ0n) is 97.5. The molecule has 0 atom stereocenters. The van der Waals surface area contributed by atoms with E-state index in [1.54, 1.807) is 0 Å². The van der Waals surface area contributed by atoms with Crippen molar-refractivity contribution in [1.82, 2.24) is 0 Å². The summed E-state index contributed by atoms with van der Waals surface area (Å²) in [7, 11) is 0. The molecule has 0 heterocycles. The lowest BCUT2D eigenvalue weighted by molar-refractivity contribution is 1.26. The smallest absolute Gasteiger partial charge is 0.000729 e. The Balaban J connectivity index is 0.000000343. The zero-order valence-corrected chi connectivity index (χ0v) is 97.5. The molecule has 0 saturated heterocycles. The van der Waals surface area contributed by atoms with Crippen LogP contribution < -0.4 is 0 Å². The molecule has 7 aliphatic carbocycles. The van der Waals surface area contributed by atoms with Crippen LogP contribution in [0.5, 0.6) is 0 Å². The van der Waals surface area contributed by atoms with Crippen LogP contribution in [0.15, 0.2) is 437 Å². The Hall–Kier alpha value is -14.3. The highest BCUT2D eigenvalue weighted by molar-refractivity contribution is 6.03. The molecule has 7 aliphatic rings. The molecular formula is C149H182. The summed E-state index contributed by atoms with van der Waals surface area (Å²) in [5.74, 6) is 0. The molecular weight excluding hydrogens is 1790 g/mol. The third-order valence-corrected chi connectivity index (χ3v) is 24.5. The van der Waals surface area contributed by atoms with Crippen molar-refractivity contribution in [3.05, 3.63) is 515 Å². The molecule has 0 saturated carbocycles. The van der Waals surface area contributed by atoms with Crippen LogP contribution in [0.2, 0.25) is 0 Å². The topological polar surface area (TPSA) is 0 Å². The second-order valence-electron chi connectivity index (χ2n) is 31.5. The van der Waals surface area contributed by atoms with Crippen LogP contribution in [0.4, 0.5) is 0 Å². The van der Waals surface area contributed by atoms with E-state index in [0.717, 1.165) is 44.9 Å². The maximum Gasteiger partial charge on any atom is -0.000729 e. The van der Waals surface area contributed by atoms with E-state index in [2.05, 4.69) is 400 Å². The predicted molar refractivity (Wildman–Crippen MR) is 678 cm³/mol. The molecule has 0 heteroatoms. The highest BCUT2D eigenvalue weighted by Crippen LogP contribution is 2.46. The molecule has 27 rings (SSSR count). The van der Waals surface area contributed by atoms with E-state index in [1.807, 2.05) is 258 Å². The Morgan fingerprint density at radius 1 is 0.101 bits per heavy atom. The summed E-state index contributed by atoms with van der Waals surface area (Å²) in [6.07, 6.45) is 7.60. The fraction of sp³-hybridized carbons (Fsp3) is 0.262. The molecule has 20 aromatic rings. The Morgan fingerprint density at radius 3 is 0.550 bits per heavy atom. The Morgan fingerprint density at radius 2 is 0.275 bits per heavy atom. The van der Waals surface area contributed by atoms with Gasteiger partial charge in [-0.25, -0.2) is 0 Å². The van der Waals surface area contributed by atoms with Crippen LogP contribution in [0.25, 0.3) is 132 Å². The van der Waals surface area contributed by atoms with E-state index >= 15 is 0 Å². The largest absolute Gasteiger partial charge is 0.0683 e. The SMILES string of the molecule is CC.CC.CC.CC.CC.CC.CC.CC.CC.CC.CC.CC.CC.CC.CC.CC.c1ccc2c(c1)Cc1c-2ccc2ccccc12.c1ccc2c(c1)Cc1cc3ccccc3cc1-2.c1ccc2c(c1)Cc1cc3ccccc3cc1-2.c1ccc2c(c1)Cc1ccc3ccccc3c1-2.c1ccc2c(c1)Cc1ccc3ccccc3c1-2.c1ccc2c(c1)Cc1ccccc1-2.c1ccc2c(c1)Cc1ccccc1-2.c1ccccc1. The molecule has 0 bridgehead atoms. The molecule has 0 spiro atoms. The van der Waals surface area contributed by atoms with Gasteiger partial charge in [0.25, 0.3) is 0 Å². The summed E-state index contributed by atoms with van der Waals surface area (Å²) in [6.45, 7) is 64.0. The van der Waals surface area contributed by atoms with E-state index in [4.69, 9.17) is 0 Å². The van der Waals surface area contributed by atoms with E-state index in [-0.39, 0.29) is 0 Å². The van der Waals surface area contributed by atoms with Gasteiger partial charge in [-0.1, -0.05) is 646 Å². The Labute approximate surface area is 906 Å². The Kier molecular flexibility index (Phi) is 62.8. The van der Waals surface area contributed by atoms with Gasteiger partial charge in [0.05, 0.1) is 0 Å². The first-order chi connectivity index (χ1) is 74.0. The predicted octanol–water partition coefficient (Wildman–Crippen LogP) is 46.7. The molecule has 149 heavy (non-hydrogen) atoms. The fourth-order valence-electron chi connectivity index (χ4n) is 18.9. The molecule has 0 fully saturated rings. The molecule has 778 valence electrons. The minimum absolute atomic E-state index is 1.08. The van der Waals surface area contributed by atoms with Gasteiger partial charge in [0.2, 0.25) is 0 Å². The molecule has 0 aliphatic heterocycles. The minimum Gasteiger partial charge on any atom is -0.0683 e. The number of hydrogen-bond acceptors (Lipinski definition) is 0. The van der Waals surface area contributed by atoms with E-state index in [0.29, 0.717) is 0 Å². The molecule has 0 unspecified atom stereocenters. The highest BCUT2D eigenvalue weighted by atomic mass is 14.3. The number of benzene rings is 20. The van der Waals surface area contributed by atoms with Crippen molar-refractivity contribution in [2.24, 2.45) is 0 Å². The van der Waals surface area contributed by atoms with E-state index in [1.165, 1.54) is 210 Å². The third-order valence-electron chi connectivity index (χ3n) is 24.5. The average molecular weight is 1970 g/mol. The van der Waals surface area contributed by atoms with E-state index in [9.17, 15) is 0 Å². The summed E-state index contributed by atoms with van der Waals surface area (Å²) in [4.78, 5) is 0. The van der Waals surface area contributed by atoms with Crippen LogP contribution in [-0.2, 0) is 44.9 Å². The number of fused-ring (bicyclic) bond motifs is 29. The average Bonchev–Trinajstić information content (AvgIpc) is 1.63. The molecule has 0 nitrogen and oxygen atoms in total. The molecule has 20 aromatic carbocycles. The van der Waals surface area contributed by atoms with Gasteiger partial charge in [-0.15, -0.1) is 0 Å². The van der Waals surface area contributed by atoms with Crippen molar-refractivity contribution in [3.63, 3.8) is 0 Å². The summed E-state index contributed by atoms with van der Waals surface area (Å²) in [6, 6.07) is 156. The molecule has 0 amide bonds. The van der Waals surface area contributed by atoms with Crippen LogP contribution in [0.3, 0.4) is 0 Å². The van der Waals surface area contributed by atoms with Gasteiger partial charge >= 0.3 is 0 Å². The van der Waals surface area contributed by atoms with Crippen molar-refractivity contribution in [3.8, 4) is 77.9 Å². The van der Waals surface area contributed by atoms with Gasteiger partial charge in [0.1, 0.15) is 0 Å². The monoisotopic (exact) mass is 1970 g/mol. The molecule has 0 aromatic heterocycles. The first-order valence-corrected chi connectivity index (χ1v) is 57.3. The lowest BCUT2D eigenvalue weighted by Crippen LogP contribution is -1.83. The van der Waals surface area contributed by atoms with Crippen molar-refractivity contribution < 1.29 is 0 Å². The number of hydrogen-bond donors (Lipinski definition) is 0. The van der Waals surface area contributed by atoms with Crippen LogP contribution in [0, 0.1) is 0 Å². The van der Waals surface area contributed by atoms with E-state index < -0.39 is 0 Å². The van der Waals surface area contributed by atoms with Crippen molar-refractivity contribution in [2.45, 2.75) is 267 Å².